The monoisotopic (exact) mass is 367 g/mol. The number of furan rings is 1. The van der Waals surface area contributed by atoms with E-state index in [0.29, 0.717) is 17.9 Å². The second-order valence-electron chi connectivity index (χ2n) is 7.12. The predicted octanol–water partition coefficient (Wildman–Crippen LogP) is 2.54. The Hall–Kier alpha value is -2.89. The van der Waals surface area contributed by atoms with Crippen molar-refractivity contribution in [2.45, 2.75) is 32.2 Å². The second-order valence-corrected chi connectivity index (χ2v) is 7.12. The summed E-state index contributed by atoms with van der Waals surface area (Å²) in [7, 11) is 0. The molecule has 0 N–H and O–H groups in total. The van der Waals surface area contributed by atoms with Crippen molar-refractivity contribution in [1.29, 1.82) is 0 Å². The summed E-state index contributed by atoms with van der Waals surface area (Å²) in [5, 5.41) is 0. The first kappa shape index (κ1) is 17.5. The maximum absolute atomic E-state index is 12.3. The highest BCUT2D eigenvalue weighted by atomic mass is 16.5. The predicted molar refractivity (Wildman–Crippen MR) is 96.0 cm³/mol. The smallest absolute Gasteiger partial charge is 0.311 e. The van der Waals surface area contributed by atoms with Crippen LogP contribution in [0.3, 0.4) is 0 Å². The fourth-order valence-electron chi connectivity index (χ4n) is 3.76. The van der Waals surface area contributed by atoms with E-state index < -0.39 is 11.9 Å². The van der Waals surface area contributed by atoms with Gasteiger partial charge < -0.3 is 14.1 Å². The summed E-state index contributed by atoms with van der Waals surface area (Å²) < 4.78 is 10.4. The van der Waals surface area contributed by atoms with E-state index >= 15 is 0 Å². The first-order valence-electron chi connectivity index (χ1n) is 9.22. The molecule has 1 aromatic carbocycles. The molecule has 0 unspecified atom stereocenters. The summed E-state index contributed by atoms with van der Waals surface area (Å²) in [5.41, 5.74) is 3.08. The SMILES string of the molecule is O=C(COC(=O)[C@@H]1CC(=O)N(Cc2ccco2)C1)c1ccc2c(c1)CCC2. The average Bonchev–Trinajstić information content (AvgIpc) is 3.41. The highest BCUT2D eigenvalue weighted by molar-refractivity contribution is 5.98. The second kappa shape index (κ2) is 7.39. The number of esters is 1. The zero-order valence-electron chi connectivity index (χ0n) is 15.0. The molecule has 4 rings (SSSR count). The minimum Gasteiger partial charge on any atom is -0.467 e. The molecule has 0 spiro atoms. The van der Waals surface area contributed by atoms with Crippen molar-refractivity contribution >= 4 is 17.7 Å². The maximum Gasteiger partial charge on any atom is 0.311 e. The molecule has 2 heterocycles. The summed E-state index contributed by atoms with van der Waals surface area (Å²) in [6.07, 6.45) is 4.82. The molecule has 1 aliphatic carbocycles. The van der Waals surface area contributed by atoms with Gasteiger partial charge in [0.25, 0.3) is 0 Å². The number of rotatable bonds is 6. The first-order valence-corrected chi connectivity index (χ1v) is 9.22. The molecule has 1 saturated heterocycles. The third kappa shape index (κ3) is 3.79. The number of hydrogen-bond acceptors (Lipinski definition) is 5. The zero-order chi connectivity index (χ0) is 18.8. The van der Waals surface area contributed by atoms with Crippen molar-refractivity contribution in [3.8, 4) is 0 Å². The van der Waals surface area contributed by atoms with Gasteiger partial charge in [0.1, 0.15) is 5.76 Å². The van der Waals surface area contributed by atoms with E-state index in [1.165, 1.54) is 11.1 Å². The lowest BCUT2D eigenvalue weighted by Crippen LogP contribution is -2.27. The molecule has 1 aromatic heterocycles. The number of ether oxygens (including phenoxy) is 1. The molecule has 0 bridgehead atoms. The quantitative estimate of drug-likeness (QED) is 0.579. The van der Waals surface area contributed by atoms with Gasteiger partial charge in [0.05, 0.1) is 18.7 Å². The molecule has 2 aliphatic rings. The summed E-state index contributed by atoms with van der Waals surface area (Å²) in [5.74, 6) is -0.697. The van der Waals surface area contributed by atoms with Crippen molar-refractivity contribution in [3.05, 3.63) is 59.0 Å². The number of nitrogens with zero attached hydrogens (tertiary/aromatic N) is 1. The van der Waals surface area contributed by atoms with Crippen LogP contribution in [-0.4, -0.2) is 35.7 Å². The molecule has 1 atom stereocenters. The molecule has 1 aliphatic heterocycles. The van der Waals surface area contributed by atoms with E-state index in [-0.39, 0.29) is 31.3 Å². The maximum atomic E-state index is 12.3. The van der Waals surface area contributed by atoms with Gasteiger partial charge in [-0.3, -0.25) is 14.4 Å². The fourth-order valence-corrected chi connectivity index (χ4v) is 3.76. The van der Waals surface area contributed by atoms with Crippen LogP contribution in [0.5, 0.6) is 0 Å². The van der Waals surface area contributed by atoms with Crippen molar-refractivity contribution < 1.29 is 23.5 Å². The molecule has 1 amide bonds. The van der Waals surface area contributed by atoms with Crippen LogP contribution in [0.4, 0.5) is 0 Å². The number of fused-ring (bicyclic) bond motifs is 1. The number of amides is 1. The Kier molecular flexibility index (Phi) is 4.79. The molecule has 6 heteroatoms. The third-order valence-electron chi connectivity index (χ3n) is 5.24. The molecule has 27 heavy (non-hydrogen) atoms. The molecular formula is C21H21NO5. The Morgan fingerprint density at radius 3 is 2.85 bits per heavy atom. The van der Waals surface area contributed by atoms with Gasteiger partial charge in [-0.05, 0) is 48.6 Å². The summed E-state index contributed by atoms with van der Waals surface area (Å²) >= 11 is 0. The lowest BCUT2D eigenvalue weighted by atomic mass is 10.0. The van der Waals surface area contributed by atoms with Crippen LogP contribution >= 0.6 is 0 Å². The third-order valence-corrected chi connectivity index (χ3v) is 5.24. The number of carbonyl (C=O) groups is 3. The van der Waals surface area contributed by atoms with E-state index in [1.54, 1.807) is 29.4 Å². The molecule has 2 aromatic rings. The van der Waals surface area contributed by atoms with Gasteiger partial charge >= 0.3 is 5.97 Å². The Bertz CT molecular complexity index is 871. The van der Waals surface area contributed by atoms with Crippen LogP contribution in [0, 0.1) is 5.92 Å². The topological polar surface area (TPSA) is 76.8 Å². The number of Topliss-reactive ketones (excluding diaryl/α,β-unsaturated/α-hetero) is 1. The number of carbonyl (C=O) groups excluding carboxylic acids is 3. The van der Waals surface area contributed by atoms with Gasteiger partial charge in [0.2, 0.25) is 5.91 Å². The van der Waals surface area contributed by atoms with E-state index in [1.807, 2.05) is 12.1 Å². The van der Waals surface area contributed by atoms with E-state index in [9.17, 15) is 14.4 Å². The van der Waals surface area contributed by atoms with Crippen LogP contribution in [0.1, 0.15) is 40.1 Å². The van der Waals surface area contributed by atoms with Crippen LogP contribution < -0.4 is 0 Å². The largest absolute Gasteiger partial charge is 0.467 e. The Morgan fingerprint density at radius 1 is 1.19 bits per heavy atom. The molecule has 1 fully saturated rings. The molecular weight excluding hydrogens is 346 g/mol. The van der Waals surface area contributed by atoms with Gasteiger partial charge in [-0.2, -0.15) is 0 Å². The van der Waals surface area contributed by atoms with Gasteiger partial charge in [0, 0.05) is 18.5 Å². The summed E-state index contributed by atoms with van der Waals surface area (Å²) in [6, 6.07) is 9.23. The van der Waals surface area contributed by atoms with Crippen LogP contribution in [-0.2, 0) is 33.7 Å². The summed E-state index contributed by atoms with van der Waals surface area (Å²) in [6.45, 7) is 0.329. The number of hydrogen-bond donors (Lipinski definition) is 0. The number of benzene rings is 1. The van der Waals surface area contributed by atoms with Crippen LogP contribution in [0.2, 0.25) is 0 Å². The van der Waals surface area contributed by atoms with Crippen molar-refractivity contribution in [3.63, 3.8) is 0 Å². The zero-order valence-corrected chi connectivity index (χ0v) is 15.0. The van der Waals surface area contributed by atoms with E-state index in [2.05, 4.69) is 0 Å². The summed E-state index contributed by atoms with van der Waals surface area (Å²) in [4.78, 5) is 38.3. The molecule has 6 nitrogen and oxygen atoms in total. The highest BCUT2D eigenvalue weighted by Gasteiger charge is 2.36. The Labute approximate surface area is 157 Å². The van der Waals surface area contributed by atoms with Crippen molar-refractivity contribution in [1.82, 2.24) is 4.90 Å². The minimum absolute atomic E-state index is 0.104. The number of aryl methyl sites for hydroxylation is 2. The number of ketones is 1. The van der Waals surface area contributed by atoms with E-state index in [0.717, 1.165) is 19.3 Å². The van der Waals surface area contributed by atoms with Crippen molar-refractivity contribution in [2.75, 3.05) is 13.2 Å². The first-order chi connectivity index (χ1) is 13.1. The van der Waals surface area contributed by atoms with Gasteiger partial charge in [-0.1, -0.05) is 12.1 Å². The van der Waals surface area contributed by atoms with Gasteiger partial charge in [-0.15, -0.1) is 0 Å². The minimum atomic E-state index is -0.541. The van der Waals surface area contributed by atoms with E-state index in [4.69, 9.17) is 9.15 Å². The molecule has 140 valence electrons. The van der Waals surface area contributed by atoms with Crippen molar-refractivity contribution in [2.24, 2.45) is 5.92 Å². The van der Waals surface area contributed by atoms with Gasteiger partial charge in [0.15, 0.2) is 12.4 Å². The highest BCUT2D eigenvalue weighted by Crippen LogP contribution is 2.24. The Balaban J connectivity index is 1.30. The molecule has 0 saturated carbocycles. The lowest BCUT2D eigenvalue weighted by Gasteiger charge is -2.14. The number of likely N-dealkylation sites (tertiary alicyclic amines) is 1. The van der Waals surface area contributed by atoms with Crippen LogP contribution in [0.15, 0.2) is 41.0 Å². The average molecular weight is 367 g/mol. The standard InChI is InChI=1S/C21H21NO5/c23-19(16-7-6-14-3-1-4-15(14)9-16)13-27-21(25)17-10-20(24)22(11-17)12-18-5-2-8-26-18/h2,5-9,17H,1,3-4,10-13H2/t17-/m1/s1. The van der Waals surface area contributed by atoms with Crippen LogP contribution in [0.25, 0.3) is 0 Å². The lowest BCUT2D eigenvalue weighted by molar-refractivity contribution is -0.147. The Morgan fingerprint density at radius 2 is 2.04 bits per heavy atom. The van der Waals surface area contributed by atoms with Gasteiger partial charge in [-0.25, -0.2) is 0 Å². The fraction of sp³-hybridized carbons (Fsp3) is 0.381. The molecule has 0 radical (unpaired) electrons. The normalized spacial score (nSPS) is 18.6.